The number of halogens is 2. The second-order valence-corrected chi connectivity index (χ2v) is 7.35. The average molecular weight is 316 g/mol. The van der Waals surface area contributed by atoms with Gasteiger partial charge in [0.1, 0.15) is 0 Å². The van der Waals surface area contributed by atoms with E-state index in [0.717, 1.165) is 12.8 Å². The van der Waals surface area contributed by atoms with E-state index in [2.05, 4.69) is 18.7 Å². The Kier molecular flexibility index (Phi) is 5.15. The minimum Gasteiger partial charge on any atom is -0.336 e. The number of likely N-dealkylation sites (tertiary alicyclic amines) is 2. The van der Waals surface area contributed by atoms with Crippen LogP contribution in [0.5, 0.6) is 0 Å². The Morgan fingerprint density at radius 2 is 1.82 bits per heavy atom. The lowest BCUT2D eigenvalue weighted by atomic mass is 9.68. The molecule has 2 saturated heterocycles. The van der Waals surface area contributed by atoms with Crippen LogP contribution in [-0.4, -0.2) is 53.9 Å². The van der Waals surface area contributed by atoms with E-state index in [-0.39, 0.29) is 11.8 Å². The number of piperidine rings is 1. The molecule has 0 aromatic heterocycles. The summed E-state index contributed by atoms with van der Waals surface area (Å²) in [4.78, 5) is 15.7. The fourth-order valence-electron chi connectivity index (χ4n) is 3.73. The Morgan fingerprint density at radius 3 is 2.32 bits per heavy atom. The first-order valence-corrected chi connectivity index (χ1v) is 8.67. The van der Waals surface area contributed by atoms with E-state index in [4.69, 9.17) is 0 Å². The van der Waals surface area contributed by atoms with Crippen LogP contribution in [0.4, 0.5) is 8.78 Å². The van der Waals surface area contributed by atoms with Gasteiger partial charge in [0.25, 0.3) is 5.92 Å². The Morgan fingerprint density at radius 1 is 1.18 bits per heavy atom. The van der Waals surface area contributed by atoms with E-state index in [9.17, 15) is 13.6 Å². The molecule has 2 atom stereocenters. The monoisotopic (exact) mass is 316 g/mol. The molecule has 2 unspecified atom stereocenters. The summed E-state index contributed by atoms with van der Waals surface area (Å²) in [6.45, 7) is 9.03. The van der Waals surface area contributed by atoms with Crippen LogP contribution in [0, 0.1) is 11.3 Å². The number of carbonyl (C=O) groups is 1. The van der Waals surface area contributed by atoms with Gasteiger partial charge in [-0.05, 0) is 26.2 Å². The maximum absolute atomic E-state index is 14.7. The predicted octanol–water partition coefficient (Wildman–Crippen LogP) is 3.39. The summed E-state index contributed by atoms with van der Waals surface area (Å²) in [5, 5.41) is 0. The number of alkyl halides is 2. The first-order chi connectivity index (χ1) is 10.3. The van der Waals surface area contributed by atoms with Crippen LogP contribution in [0.1, 0.15) is 53.4 Å². The van der Waals surface area contributed by atoms with Crippen molar-refractivity contribution in [2.75, 3.05) is 26.2 Å². The Labute approximate surface area is 133 Å². The van der Waals surface area contributed by atoms with Crippen LogP contribution in [0.25, 0.3) is 0 Å². The van der Waals surface area contributed by atoms with Crippen molar-refractivity contribution in [2.24, 2.45) is 11.3 Å². The van der Waals surface area contributed by atoms with Crippen LogP contribution in [-0.2, 0) is 4.79 Å². The molecule has 2 aliphatic rings. The van der Waals surface area contributed by atoms with Crippen molar-refractivity contribution in [1.82, 2.24) is 9.80 Å². The summed E-state index contributed by atoms with van der Waals surface area (Å²) in [6, 6.07) is 0.381. The van der Waals surface area contributed by atoms with Gasteiger partial charge in [-0.15, -0.1) is 0 Å². The fraction of sp³-hybridized carbons (Fsp3) is 0.941. The third-order valence-corrected chi connectivity index (χ3v) is 5.71. The smallest absolute Gasteiger partial charge is 0.273 e. The minimum atomic E-state index is -2.77. The van der Waals surface area contributed by atoms with Crippen LogP contribution in [0.15, 0.2) is 0 Å². The number of amides is 1. The third kappa shape index (κ3) is 3.01. The molecule has 0 radical (unpaired) electrons. The predicted molar refractivity (Wildman–Crippen MR) is 84.0 cm³/mol. The van der Waals surface area contributed by atoms with E-state index in [0.29, 0.717) is 38.5 Å². The highest BCUT2D eigenvalue weighted by atomic mass is 19.3. The summed E-state index contributed by atoms with van der Waals surface area (Å²) in [6.07, 6.45) is 3.27. The first kappa shape index (κ1) is 17.6. The minimum absolute atomic E-state index is 0.118. The van der Waals surface area contributed by atoms with Crippen molar-refractivity contribution in [1.29, 1.82) is 0 Å². The number of rotatable bonds is 5. The highest BCUT2D eigenvalue weighted by Crippen LogP contribution is 2.51. The number of nitrogens with zero attached hydrogens (tertiary/aromatic N) is 2. The molecule has 5 heteroatoms. The summed E-state index contributed by atoms with van der Waals surface area (Å²) in [5.74, 6) is -3.04. The molecule has 22 heavy (non-hydrogen) atoms. The lowest BCUT2D eigenvalue weighted by Gasteiger charge is -2.59. The van der Waals surface area contributed by atoms with E-state index in [1.807, 2.05) is 13.8 Å². The van der Waals surface area contributed by atoms with Gasteiger partial charge in [-0.1, -0.05) is 27.2 Å². The molecule has 3 nitrogen and oxygen atoms in total. The number of hydrogen-bond donors (Lipinski definition) is 0. The third-order valence-electron chi connectivity index (χ3n) is 5.71. The summed E-state index contributed by atoms with van der Waals surface area (Å²) >= 11 is 0. The quantitative estimate of drug-likeness (QED) is 0.776. The van der Waals surface area contributed by atoms with Crippen molar-refractivity contribution in [3.05, 3.63) is 0 Å². The maximum Gasteiger partial charge on any atom is 0.273 e. The molecule has 0 aliphatic carbocycles. The molecule has 0 bridgehead atoms. The zero-order valence-electron chi connectivity index (χ0n) is 14.4. The Bertz CT molecular complexity index is 407. The standard InChI is InChI=1S/C17H30F2N2O/c1-5-7-14(4)21-10-16(11-21)8-9-20(12-17(16,18)19)15(22)13(3)6-2/h13-14H,5-12H2,1-4H3. The molecule has 128 valence electrons. The lowest BCUT2D eigenvalue weighted by molar-refractivity contribution is -0.231. The Hall–Kier alpha value is -0.710. The van der Waals surface area contributed by atoms with Gasteiger partial charge in [-0.3, -0.25) is 9.69 Å². The molecule has 2 heterocycles. The summed E-state index contributed by atoms with van der Waals surface area (Å²) < 4.78 is 29.4. The molecular formula is C17H30F2N2O. The number of carbonyl (C=O) groups excluding carboxylic acids is 1. The summed E-state index contributed by atoms with van der Waals surface area (Å²) in [7, 11) is 0. The topological polar surface area (TPSA) is 23.6 Å². The van der Waals surface area contributed by atoms with Crippen molar-refractivity contribution in [3.8, 4) is 0 Å². The van der Waals surface area contributed by atoms with Crippen molar-refractivity contribution >= 4 is 5.91 Å². The van der Waals surface area contributed by atoms with Crippen LogP contribution in [0.2, 0.25) is 0 Å². The Balaban J connectivity index is 1.97. The van der Waals surface area contributed by atoms with E-state index in [1.165, 1.54) is 4.90 Å². The molecule has 0 aromatic rings. The van der Waals surface area contributed by atoms with Gasteiger partial charge in [0.15, 0.2) is 0 Å². The van der Waals surface area contributed by atoms with E-state index in [1.54, 1.807) is 0 Å². The van der Waals surface area contributed by atoms with Crippen molar-refractivity contribution in [2.45, 2.75) is 65.3 Å². The highest BCUT2D eigenvalue weighted by molar-refractivity contribution is 5.78. The van der Waals surface area contributed by atoms with Gasteiger partial charge in [0.2, 0.25) is 5.91 Å². The van der Waals surface area contributed by atoms with Crippen molar-refractivity contribution < 1.29 is 13.6 Å². The van der Waals surface area contributed by atoms with Crippen LogP contribution in [0.3, 0.4) is 0 Å². The van der Waals surface area contributed by atoms with Crippen molar-refractivity contribution in [3.63, 3.8) is 0 Å². The second kappa shape index (κ2) is 6.42. The largest absolute Gasteiger partial charge is 0.336 e. The maximum atomic E-state index is 14.7. The van der Waals surface area contributed by atoms with Crippen LogP contribution < -0.4 is 0 Å². The van der Waals surface area contributed by atoms with E-state index >= 15 is 0 Å². The zero-order valence-corrected chi connectivity index (χ0v) is 14.4. The lowest BCUT2D eigenvalue weighted by Crippen LogP contribution is -2.71. The molecular weight excluding hydrogens is 286 g/mol. The molecule has 1 spiro atoms. The second-order valence-electron chi connectivity index (χ2n) is 7.35. The van der Waals surface area contributed by atoms with Gasteiger partial charge in [0, 0.05) is 31.6 Å². The molecule has 2 rings (SSSR count). The summed E-state index contributed by atoms with van der Waals surface area (Å²) in [5.41, 5.74) is -0.902. The molecule has 0 saturated carbocycles. The van der Waals surface area contributed by atoms with Gasteiger partial charge >= 0.3 is 0 Å². The normalized spacial score (nSPS) is 26.5. The molecule has 2 fully saturated rings. The van der Waals surface area contributed by atoms with Gasteiger partial charge in [-0.25, -0.2) is 8.78 Å². The van der Waals surface area contributed by atoms with Gasteiger partial charge < -0.3 is 4.90 Å². The number of hydrogen-bond acceptors (Lipinski definition) is 2. The van der Waals surface area contributed by atoms with E-state index < -0.39 is 17.9 Å². The fourth-order valence-corrected chi connectivity index (χ4v) is 3.73. The average Bonchev–Trinajstić information content (AvgIpc) is 2.42. The van der Waals surface area contributed by atoms with Gasteiger partial charge in [0.05, 0.1) is 12.0 Å². The van der Waals surface area contributed by atoms with Crippen LogP contribution >= 0.6 is 0 Å². The highest BCUT2D eigenvalue weighted by Gasteiger charge is 2.63. The first-order valence-electron chi connectivity index (χ1n) is 8.67. The SMILES string of the molecule is CCCC(C)N1CC2(CCN(C(=O)C(C)CC)CC2(F)F)C1. The molecule has 0 N–H and O–H groups in total. The van der Waals surface area contributed by atoms with Gasteiger partial charge in [-0.2, -0.15) is 0 Å². The zero-order chi connectivity index (χ0) is 16.5. The molecule has 0 aromatic carbocycles. The molecule has 2 aliphatic heterocycles. The molecule has 1 amide bonds.